The molecule has 0 aromatic heterocycles. The van der Waals surface area contributed by atoms with E-state index < -0.39 is 32.3 Å². The van der Waals surface area contributed by atoms with Gasteiger partial charge in [-0.2, -0.15) is 12.7 Å². The number of sulfonamides is 1. The van der Waals surface area contributed by atoms with E-state index in [1.54, 1.807) is 18.2 Å². The lowest BCUT2D eigenvalue weighted by atomic mass is 10.1. The Hall–Kier alpha value is -2.30. The highest BCUT2D eigenvalue weighted by molar-refractivity contribution is 7.89. The summed E-state index contributed by atoms with van der Waals surface area (Å²) in [6.45, 7) is 0.609. The van der Waals surface area contributed by atoms with Crippen LogP contribution in [0.15, 0.2) is 77.7 Å². The van der Waals surface area contributed by atoms with Gasteiger partial charge in [-0.05, 0) is 47.7 Å². The SMILES string of the molecule is CS(=O)(=O)O[C@H]1C[C@@H](COCCCc2ccccc2)N(S(=O)(=O)c2ccc3ccccc3c2)C1. The van der Waals surface area contributed by atoms with Crippen LogP contribution < -0.4 is 0 Å². The largest absolute Gasteiger partial charge is 0.380 e. The van der Waals surface area contributed by atoms with Crippen LogP contribution in [-0.4, -0.2) is 59.3 Å². The lowest BCUT2D eigenvalue weighted by Gasteiger charge is -2.24. The molecule has 0 aliphatic carbocycles. The van der Waals surface area contributed by atoms with Crippen LogP contribution in [0.5, 0.6) is 0 Å². The quantitative estimate of drug-likeness (QED) is 0.310. The third-order valence-corrected chi connectivity index (χ3v) is 8.41. The standard InChI is InChI=1S/C25H29NO6S2/c1-33(27,28)32-24-17-23(19-31-15-7-10-20-8-3-2-4-9-20)26(18-24)34(29,30)25-14-13-21-11-5-6-12-22(21)16-25/h2-6,8-9,11-14,16,23-24H,7,10,15,17-19H2,1H3/t23-,24-/m0/s1. The molecule has 0 unspecified atom stereocenters. The average molecular weight is 504 g/mol. The van der Waals surface area contributed by atoms with Gasteiger partial charge in [0, 0.05) is 13.2 Å². The topological polar surface area (TPSA) is 90.0 Å². The zero-order chi connectivity index (χ0) is 24.2. The molecule has 182 valence electrons. The van der Waals surface area contributed by atoms with Gasteiger partial charge in [0.15, 0.2) is 0 Å². The lowest BCUT2D eigenvalue weighted by molar-refractivity contribution is 0.0964. The molecule has 0 saturated carbocycles. The minimum absolute atomic E-state index is 0.0414. The fourth-order valence-electron chi connectivity index (χ4n) is 4.31. The molecule has 7 nitrogen and oxygen atoms in total. The second-order valence-corrected chi connectivity index (χ2v) is 12.1. The van der Waals surface area contributed by atoms with Gasteiger partial charge in [0.25, 0.3) is 10.1 Å². The summed E-state index contributed by atoms with van der Waals surface area (Å²) < 4.78 is 62.8. The molecule has 4 rings (SSSR count). The molecule has 0 amide bonds. The summed E-state index contributed by atoms with van der Waals surface area (Å²) in [5.74, 6) is 0. The van der Waals surface area contributed by atoms with Gasteiger partial charge in [-0.15, -0.1) is 0 Å². The predicted octanol–water partition coefficient (Wildman–Crippen LogP) is 3.60. The van der Waals surface area contributed by atoms with Crippen molar-refractivity contribution in [3.05, 3.63) is 78.4 Å². The number of ether oxygens (including phenoxy) is 1. The van der Waals surface area contributed by atoms with Gasteiger partial charge in [-0.1, -0.05) is 60.7 Å². The van der Waals surface area contributed by atoms with Crippen molar-refractivity contribution in [3.8, 4) is 0 Å². The molecule has 0 spiro atoms. The third kappa shape index (κ3) is 6.22. The first-order chi connectivity index (χ1) is 16.2. The van der Waals surface area contributed by atoms with Gasteiger partial charge < -0.3 is 4.74 Å². The molecule has 1 saturated heterocycles. The van der Waals surface area contributed by atoms with Gasteiger partial charge in [-0.25, -0.2) is 8.42 Å². The van der Waals surface area contributed by atoms with Crippen LogP contribution >= 0.6 is 0 Å². The van der Waals surface area contributed by atoms with Crippen molar-refractivity contribution in [1.82, 2.24) is 4.31 Å². The van der Waals surface area contributed by atoms with Crippen molar-refractivity contribution < 1.29 is 25.8 Å². The third-order valence-electron chi connectivity index (χ3n) is 5.87. The molecule has 1 aliphatic heterocycles. The van der Waals surface area contributed by atoms with Crippen molar-refractivity contribution in [1.29, 1.82) is 0 Å². The zero-order valence-electron chi connectivity index (χ0n) is 19.0. The average Bonchev–Trinajstić information content (AvgIpc) is 3.21. The Kier molecular flexibility index (Phi) is 7.69. The van der Waals surface area contributed by atoms with Gasteiger partial charge >= 0.3 is 0 Å². The van der Waals surface area contributed by atoms with E-state index in [4.69, 9.17) is 8.92 Å². The van der Waals surface area contributed by atoms with E-state index in [2.05, 4.69) is 12.1 Å². The highest BCUT2D eigenvalue weighted by Gasteiger charge is 2.42. The Morgan fingerprint density at radius 1 is 0.912 bits per heavy atom. The number of nitrogens with zero attached hydrogens (tertiary/aromatic N) is 1. The van der Waals surface area contributed by atoms with Crippen LogP contribution in [0.1, 0.15) is 18.4 Å². The molecule has 3 aromatic rings. The first-order valence-corrected chi connectivity index (χ1v) is 14.5. The fourth-order valence-corrected chi connectivity index (χ4v) is 6.64. The summed E-state index contributed by atoms with van der Waals surface area (Å²) in [6, 6.07) is 22.1. The molecular weight excluding hydrogens is 474 g/mol. The maximum atomic E-state index is 13.5. The number of rotatable bonds is 10. The van der Waals surface area contributed by atoms with Gasteiger partial charge in [0.05, 0.1) is 29.9 Å². The fraction of sp³-hybridized carbons (Fsp3) is 0.360. The number of benzene rings is 3. The van der Waals surface area contributed by atoms with E-state index in [-0.39, 0.29) is 24.5 Å². The summed E-state index contributed by atoms with van der Waals surface area (Å²) >= 11 is 0. The molecule has 9 heteroatoms. The van der Waals surface area contributed by atoms with Crippen molar-refractivity contribution in [2.75, 3.05) is 26.0 Å². The molecule has 34 heavy (non-hydrogen) atoms. The number of aryl methyl sites for hydroxylation is 1. The predicted molar refractivity (Wildman–Crippen MR) is 132 cm³/mol. The molecule has 3 aromatic carbocycles. The van der Waals surface area contributed by atoms with Gasteiger partial charge in [0.1, 0.15) is 0 Å². The Morgan fingerprint density at radius 2 is 1.62 bits per heavy atom. The minimum atomic E-state index is -3.88. The Labute approximate surface area is 201 Å². The Bertz CT molecular complexity index is 1330. The molecular formula is C25H29NO6S2. The highest BCUT2D eigenvalue weighted by atomic mass is 32.2. The molecule has 1 aliphatic rings. The molecule has 1 heterocycles. The maximum Gasteiger partial charge on any atom is 0.264 e. The molecule has 0 N–H and O–H groups in total. The van der Waals surface area contributed by atoms with Gasteiger partial charge in [0.2, 0.25) is 10.0 Å². The molecule has 2 atom stereocenters. The lowest BCUT2D eigenvalue weighted by Crippen LogP contribution is -2.38. The number of hydrogen-bond acceptors (Lipinski definition) is 6. The van der Waals surface area contributed by atoms with E-state index in [1.165, 1.54) is 9.87 Å². The van der Waals surface area contributed by atoms with E-state index in [1.807, 2.05) is 42.5 Å². The summed E-state index contributed by atoms with van der Waals surface area (Å²) in [7, 11) is -7.59. The molecule has 0 bridgehead atoms. The molecule has 1 fully saturated rings. The summed E-state index contributed by atoms with van der Waals surface area (Å²) in [6.07, 6.45) is 2.14. The van der Waals surface area contributed by atoms with Crippen LogP contribution in [0, 0.1) is 0 Å². The van der Waals surface area contributed by atoms with Gasteiger partial charge in [-0.3, -0.25) is 4.18 Å². The minimum Gasteiger partial charge on any atom is -0.380 e. The monoisotopic (exact) mass is 503 g/mol. The van der Waals surface area contributed by atoms with E-state index in [0.29, 0.717) is 6.61 Å². The summed E-state index contributed by atoms with van der Waals surface area (Å²) in [4.78, 5) is 0.167. The Balaban J connectivity index is 1.47. The van der Waals surface area contributed by atoms with Crippen LogP contribution in [-0.2, 0) is 35.5 Å². The van der Waals surface area contributed by atoms with Crippen LogP contribution in [0.4, 0.5) is 0 Å². The van der Waals surface area contributed by atoms with Crippen LogP contribution in [0.25, 0.3) is 10.8 Å². The first-order valence-electron chi connectivity index (χ1n) is 11.2. The first kappa shape index (κ1) is 24.8. The molecule has 0 radical (unpaired) electrons. The number of hydrogen-bond donors (Lipinski definition) is 0. The van der Waals surface area contributed by atoms with E-state index in [0.717, 1.165) is 29.9 Å². The van der Waals surface area contributed by atoms with Crippen LogP contribution in [0.2, 0.25) is 0 Å². The van der Waals surface area contributed by atoms with Crippen molar-refractivity contribution >= 4 is 30.9 Å². The smallest absolute Gasteiger partial charge is 0.264 e. The summed E-state index contributed by atoms with van der Waals surface area (Å²) in [5, 5.41) is 1.76. The van der Waals surface area contributed by atoms with E-state index >= 15 is 0 Å². The maximum absolute atomic E-state index is 13.5. The van der Waals surface area contributed by atoms with E-state index in [9.17, 15) is 16.8 Å². The van der Waals surface area contributed by atoms with Crippen LogP contribution in [0.3, 0.4) is 0 Å². The second-order valence-electron chi connectivity index (χ2n) is 8.56. The normalized spacial score (nSPS) is 19.6. The zero-order valence-corrected chi connectivity index (χ0v) is 20.7. The summed E-state index contributed by atoms with van der Waals surface area (Å²) in [5.41, 5.74) is 1.22. The second kappa shape index (κ2) is 10.5. The Morgan fingerprint density at radius 3 is 2.35 bits per heavy atom. The number of fused-ring (bicyclic) bond motifs is 1. The van der Waals surface area contributed by atoms with Crippen molar-refractivity contribution in [2.24, 2.45) is 0 Å². The van der Waals surface area contributed by atoms with Crippen molar-refractivity contribution in [3.63, 3.8) is 0 Å². The van der Waals surface area contributed by atoms with Crippen molar-refractivity contribution in [2.45, 2.75) is 36.3 Å². The highest BCUT2D eigenvalue weighted by Crippen LogP contribution is 2.30.